The Kier molecular flexibility index (Phi) is 5.76. The van der Waals surface area contributed by atoms with Gasteiger partial charge < -0.3 is 15.4 Å². The molecular weight excluding hydrogens is 417 g/mol. The average molecular weight is 431 g/mol. The molecule has 148 valence electrons. The van der Waals surface area contributed by atoms with Gasteiger partial charge in [0.2, 0.25) is 5.91 Å². The molecule has 2 amide bonds. The van der Waals surface area contributed by atoms with Crippen LogP contribution in [0.1, 0.15) is 17.3 Å². The van der Waals surface area contributed by atoms with Gasteiger partial charge in [0.15, 0.2) is 6.61 Å². The number of nitrogens with one attached hydrogen (secondary N) is 2. The smallest absolute Gasteiger partial charge is 0.422 e. The summed E-state index contributed by atoms with van der Waals surface area (Å²) in [5.74, 6) is -0.918. The summed E-state index contributed by atoms with van der Waals surface area (Å²) in [4.78, 5) is 25.2. The first kappa shape index (κ1) is 20.3. The van der Waals surface area contributed by atoms with Gasteiger partial charge in [0.1, 0.15) is 5.75 Å². The lowest BCUT2D eigenvalue weighted by molar-refractivity contribution is -0.153. The summed E-state index contributed by atoms with van der Waals surface area (Å²) in [6.07, 6.45) is -4.52. The van der Waals surface area contributed by atoms with E-state index in [1.807, 2.05) is 0 Å². The van der Waals surface area contributed by atoms with E-state index in [1.165, 1.54) is 36.0 Å². The summed E-state index contributed by atoms with van der Waals surface area (Å²) in [6.45, 7) is 0.267. The SMILES string of the molecule is CC1Sc2ccc(C(=O)Nc3cc(Cl)ccc3OCC(F)(F)F)cc2NC1=O. The van der Waals surface area contributed by atoms with Crippen LogP contribution in [0.4, 0.5) is 24.5 Å². The summed E-state index contributed by atoms with van der Waals surface area (Å²) < 4.78 is 42.0. The number of benzene rings is 2. The molecule has 0 radical (unpaired) electrons. The quantitative estimate of drug-likeness (QED) is 0.719. The first-order valence-corrected chi connectivity index (χ1v) is 9.30. The lowest BCUT2D eigenvalue weighted by Gasteiger charge is -2.21. The van der Waals surface area contributed by atoms with Gasteiger partial charge >= 0.3 is 6.18 Å². The molecule has 28 heavy (non-hydrogen) atoms. The molecule has 1 aliphatic rings. The topological polar surface area (TPSA) is 67.4 Å². The number of ether oxygens (including phenoxy) is 1. The second-order valence-corrected chi connectivity index (χ2v) is 7.78. The molecule has 0 aliphatic carbocycles. The molecule has 3 rings (SSSR count). The highest BCUT2D eigenvalue weighted by molar-refractivity contribution is 8.00. The summed E-state index contributed by atoms with van der Waals surface area (Å²) >= 11 is 7.25. The van der Waals surface area contributed by atoms with Gasteiger partial charge in [0.05, 0.1) is 16.6 Å². The minimum Gasteiger partial charge on any atom is -0.482 e. The van der Waals surface area contributed by atoms with Crippen molar-refractivity contribution in [2.45, 2.75) is 23.2 Å². The van der Waals surface area contributed by atoms with E-state index in [0.29, 0.717) is 5.69 Å². The van der Waals surface area contributed by atoms with Crippen molar-refractivity contribution in [1.82, 2.24) is 0 Å². The van der Waals surface area contributed by atoms with Gasteiger partial charge in [-0.1, -0.05) is 11.6 Å². The highest BCUT2D eigenvalue weighted by Gasteiger charge is 2.29. The third kappa shape index (κ3) is 4.90. The molecular formula is C18H14ClF3N2O3S. The highest BCUT2D eigenvalue weighted by atomic mass is 35.5. The normalized spacial score (nSPS) is 16.2. The maximum atomic E-state index is 12.6. The molecule has 1 atom stereocenters. The number of carbonyl (C=O) groups is 2. The molecule has 10 heteroatoms. The third-order valence-corrected chi connectivity index (χ3v) is 5.17. The molecule has 0 saturated carbocycles. The van der Waals surface area contributed by atoms with Crippen molar-refractivity contribution in [3.63, 3.8) is 0 Å². The molecule has 0 bridgehead atoms. The number of thioether (sulfide) groups is 1. The van der Waals surface area contributed by atoms with Crippen LogP contribution in [0, 0.1) is 0 Å². The number of hydrogen-bond donors (Lipinski definition) is 2. The number of anilines is 2. The largest absolute Gasteiger partial charge is 0.482 e. The van der Waals surface area contributed by atoms with E-state index in [2.05, 4.69) is 10.6 Å². The van der Waals surface area contributed by atoms with Crippen LogP contribution in [0.3, 0.4) is 0 Å². The number of amides is 2. The monoisotopic (exact) mass is 430 g/mol. The molecule has 0 saturated heterocycles. The Morgan fingerprint density at radius 2 is 2.04 bits per heavy atom. The predicted molar refractivity (Wildman–Crippen MR) is 101 cm³/mol. The molecule has 0 fully saturated rings. The van der Waals surface area contributed by atoms with E-state index in [0.717, 1.165) is 4.90 Å². The number of carbonyl (C=O) groups excluding carboxylic acids is 2. The van der Waals surface area contributed by atoms with Gasteiger partial charge in [-0.25, -0.2) is 0 Å². The average Bonchev–Trinajstić information content (AvgIpc) is 2.61. The van der Waals surface area contributed by atoms with E-state index in [4.69, 9.17) is 16.3 Å². The lowest BCUT2D eigenvalue weighted by atomic mass is 10.1. The number of hydrogen-bond acceptors (Lipinski definition) is 4. The van der Waals surface area contributed by atoms with Crippen LogP contribution in [0.2, 0.25) is 5.02 Å². The number of halogens is 4. The number of rotatable bonds is 4. The maximum Gasteiger partial charge on any atom is 0.422 e. The Labute approximate surface area is 167 Å². The molecule has 5 nitrogen and oxygen atoms in total. The van der Waals surface area contributed by atoms with Crippen molar-refractivity contribution in [1.29, 1.82) is 0 Å². The fourth-order valence-corrected chi connectivity index (χ4v) is 3.53. The van der Waals surface area contributed by atoms with E-state index in [9.17, 15) is 22.8 Å². The number of fused-ring (bicyclic) bond motifs is 1. The molecule has 1 heterocycles. The number of alkyl halides is 3. The minimum atomic E-state index is -4.52. The Morgan fingerprint density at radius 3 is 2.75 bits per heavy atom. The van der Waals surface area contributed by atoms with Crippen molar-refractivity contribution in [2.75, 3.05) is 17.2 Å². The summed E-state index contributed by atoms with van der Waals surface area (Å²) in [6, 6.07) is 8.66. The molecule has 0 spiro atoms. The van der Waals surface area contributed by atoms with Crippen LogP contribution < -0.4 is 15.4 Å². The molecule has 2 aromatic rings. The molecule has 1 unspecified atom stereocenters. The van der Waals surface area contributed by atoms with Crippen molar-refractivity contribution in [3.8, 4) is 5.75 Å². The lowest BCUT2D eigenvalue weighted by Crippen LogP contribution is -2.26. The van der Waals surface area contributed by atoms with E-state index in [1.54, 1.807) is 19.1 Å². The van der Waals surface area contributed by atoms with Gasteiger partial charge in [0, 0.05) is 15.5 Å². The van der Waals surface area contributed by atoms with Crippen LogP contribution in [0.5, 0.6) is 5.75 Å². The van der Waals surface area contributed by atoms with Gasteiger partial charge in [-0.05, 0) is 43.3 Å². The van der Waals surface area contributed by atoms with E-state index >= 15 is 0 Å². The third-order valence-electron chi connectivity index (χ3n) is 3.75. The fraction of sp³-hybridized carbons (Fsp3) is 0.222. The maximum absolute atomic E-state index is 12.6. The molecule has 2 N–H and O–H groups in total. The zero-order chi connectivity index (χ0) is 20.5. The van der Waals surface area contributed by atoms with Gasteiger partial charge in [-0.2, -0.15) is 13.2 Å². The molecule has 2 aromatic carbocycles. The zero-order valence-electron chi connectivity index (χ0n) is 14.4. The second-order valence-electron chi connectivity index (χ2n) is 5.96. The molecule has 1 aliphatic heterocycles. The van der Waals surface area contributed by atoms with Crippen LogP contribution >= 0.6 is 23.4 Å². The first-order valence-electron chi connectivity index (χ1n) is 8.04. The van der Waals surface area contributed by atoms with Crippen LogP contribution in [-0.4, -0.2) is 29.8 Å². The van der Waals surface area contributed by atoms with Crippen molar-refractivity contribution in [3.05, 3.63) is 47.0 Å². The zero-order valence-corrected chi connectivity index (χ0v) is 16.0. The van der Waals surface area contributed by atoms with E-state index < -0.39 is 18.7 Å². The van der Waals surface area contributed by atoms with Crippen molar-refractivity contribution < 1.29 is 27.5 Å². The summed E-state index contributed by atoms with van der Waals surface area (Å²) in [5, 5.41) is 5.19. The van der Waals surface area contributed by atoms with Crippen molar-refractivity contribution >= 4 is 46.6 Å². The molecule has 0 aromatic heterocycles. The Balaban J connectivity index is 1.81. The summed E-state index contributed by atoms with van der Waals surface area (Å²) in [5.41, 5.74) is 0.725. The van der Waals surface area contributed by atoms with Gasteiger partial charge in [0.25, 0.3) is 5.91 Å². The van der Waals surface area contributed by atoms with E-state index in [-0.39, 0.29) is 33.2 Å². The van der Waals surface area contributed by atoms with Crippen LogP contribution in [0.15, 0.2) is 41.3 Å². The van der Waals surface area contributed by atoms with Crippen molar-refractivity contribution in [2.24, 2.45) is 0 Å². The highest BCUT2D eigenvalue weighted by Crippen LogP contribution is 2.36. The Hall–Kier alpha value is -2.39. The van der Waals surface area contributed by atoms with Crippen LogP contribution in [0.25, 0.3) is 0 Å². The van der Waals surface area contributed by atoms with Gasteiger partial charge in [-0.15, -0.1) is 11.8 Å². The Bertz CT molecular complexity index is 937. The minimum absolute atomic E-state index is 0.00602. The Morgan fingerprint density at radius 1 is 1.29 bits per heavy atom. The first-order chi connectivity index (χ1) is 13.1. The fourth-order valence-electron chi connectivity index (χ4n) is 2.43. The standard InChI is InChI=1S/C18H14ClF3N2O3S/c1-9-16(25)24-13-6-10(2-5-15(13)28-9)17(26)23-12-7-11(19)3-4-14(12)27-8-18(20,21)22/h2-7,9H,8H2,1H3,(H,23,26)(H,24,25). The predicted octanol–water partition coefficient (Wildman–Crippen LogP) is 4.97. The second kappa shape index (κ2) is 7.92. The van der Waals surface area contributed by atoms with Crippen LogP contribution in [-0.2, 0) is 4.79 Å². The summed E-state index contributed by atoms with van der Waals surface area (Å²) in [7, 11) is 0. The van der Waals surface area contributed by atoms with Gasteiger partial charge in [-0.3, -0.25) is 9.59 Å².